The topological polar surface area (TPSA) is 52.6 Å². The van der Waals surface area contributed by atoms with Crippen molar-refractivity contribution in [3.05, 3.63) is 42.2 Å². The number of cyclic esters (lactones) is 1. The molecule has 0 amide bonds. The van der Waals surface area contributed by atoms with Crippen molar-refractivity contribution in [1.29, 1.82) is 0 Å². The molecule has 3 atom stereocenters. The third-order valence-corrected chi connectivity index (χ3v) is 7.32. The van der Waals surface area contributed by atoms with E-state index in [2.05, 4.69) is 0 Å². The van der Waals surface area contributed by atoms with Gasteiger partial charge in [0.2, 0.25) is 0 Å². The van der Waals surface area contributed by atoms with Gasteiger partial charge >= 0.3 is 129 Å². The van der Waals surface area contributed by atoms with Crippen molar-refractivity contribution >= 4 is 31.2 Å². The van der Waals surface area contributed by atoms with E-state index >= 15 is 0 Å². The molecule has 0 aromatic heterocycles. The molecule has 3 unspecified atom stereocenters. The summed E-state index contributed by atoms with van der Waals surface area (Å²) in [4.78, 5) is 25.1. The Labute approximate surface area is 129 Å². The Bertz CT molecular complexity index is 610. The number of hydrogen-bond acceptors (Lipinski definition) is 4. The average Bonchev–Trinajstić information content (AvgIpc) is 2.83. The summed E-state index contributed by atoms with van der Waals surface area (Å²) in [6.07, 6.45) is 1.48. The van der Waals surface area contributed by atoms with Crippen molar-refractivity contribution in [3.8, 4) is 0 Å². The summed E-state index contributed by atoms with van der Waals surface area (Å²) in [6, 6.07) is 9.71. The quantitative estimate of drug-likeness (QED) is 0.465. The third kappa shape index (κ3) is 2.12. The minimum atomic E-state index is -1.03. The molecule has 1 saturated heterocycles. The van der Waals surface area contributed by atoms with Gasteiger partial charge in [0.15, 0.2) is 0 Å². The number of allylic oxidation sites excluding steroid dienone is 2. The van der Waals surface area contributed by atoms with E-state index in [1.54, 1.807) is 7.11 Å². The predicted molar refractivity (Wildman–Crippen MR) is 78.2 cm³/mol. The fourth-order valence-corrected chi connectivity index (χ4v) is 5.89. The fraction of sp³-hybridized carbons (Fsp3) is 0.375. The second-order valence-electron chi connectivity index (χ2n) is 5.26. The second kappa shape index (κ2) is 5.32. The number of carbonyl (C=O) groups is 2. The van der Waals surface area contributed by atoms with Crippen LogP contribution in [0.1, 0.15) is 6.92 Å². The Morgan fingerprint density at radius 2 is 2.00 bits per heavy atom. The van der Waals surface area contributed by atoms with Crippen molar-refractivity contribution in [1.82, 2.24) is 0 Å². The molecule has 21 heavy (non-hydrogen) atoms. The maximum absolute atomic E-state index is 12.7. The van der Waals surface area contributed by atoms with Crippen molar-refractivity contribution in [3.63, 3.8) is 0 Å². The molecule has 0 saturated carbocycles. The van der Waals surface area contributed by atoms with Crippen molar-refractivity contribution in [2.75, 3.05) is 13.7 Å². The molecule has 2 aliphatic rings. The van der Waals surface area contributed by atoms with Gasteiger partial charge < -0.3 is 0 Å². The Morgan fingerprint density at radius 3 is 2.67 bits per heavy atom. The number of esters is 1. The molecule has 0 spiro atoms. The van der Waals surface area contributed by atoms with Gasteiger partial charge in [-0.25, -0.2) is 0 Å². The zero-order valence-electron chi connectivity index (χ0n) is 11.9. The number of methoxy groups -OCH3 is 1. The van der Waals surface area contributed by atoms with Crippen LogP contribution < -0.4 is 4.46 Å². The first-order valence-corrected chi connectivity index (χ1v) is 8.52. The van der Waals surface area contributed by atoms with E-state index in [4.69, 9.17) is 9.47 Å². The first-order valence-electron chi connectivity index (χ1n) is 6.81. The first-order chi connectivity index (χ1) is 10.1. The van der Waals surface area contributed by atoms with Crippen LogP contribution in [0.3, 0.4) is 0 Å². The van der Waals surface area contributed by atoms with Crippen molar-refractivity contribution in [2.24, 2.45) is 11.8 Å². The zero-order valence-corrected chi connectivity index (χ0v) is 13.6. The van der Waals surface area contributed by atoms with E-state index in [1.807, 2.05) is 37.3 Å². The number of fused-ring (bicyclic) bond motifs is 1. The Balaban J connectivity index is 2.05. The molecule has 0 radical (unpaired) electrons. The molecule has 110 valence electrons. The van der Waals surface area contributed by atoms with Crippen molar-refractivity contribution in [2.45, 2.75) is 11.2 Å². The Morgan fingerprint density at radius 1 is 1.29 bits per heavy atom. The molecule has 1 aromatic rings. The maximum atomic E-state index is 12.7. The standard InChI is InChI=1S/C16H16O4Se/c1-10-12-9-20-15(18)16(12,14(17)8-13(10)19-2)21-11-6-4-3-5-7-11/h3-8,10,12H,9H2,1-2H3. The normalized spacial score (nSPS) is 31.4. The number of hydrogen-bond donors (Lipinski definition) is 0. The van der Waals surface area contributed by atoms with Crippen LogP contribution in [-0.4, -0.2) is 40.4 Å². The summed E-state index contributed by atoms with van der Waals surface area (Å²) in [5.41, 5.74) is 0. The van der Waals surface area contributed by atoms with Gasteiger partial charge in [-0.15, -0.1) is 0 Å². The molecule has 1 heterocycles. The molecule has 5 heteroatoms. The molecular formula is C16H16O4Se. The van der Waals surface area contributed by atoms with E-state index in [1.165, 1.54) is 6.08 Å². The second-order valence-corrected chi connectivity index (χ2v) is 8.03. The van der Waals surface area contributed by atoms with Crippen LogP contribution in [0, 0.1) is 11.8 Å². The van der Waals surface area contributed by atoms with Crippen LogP contribution in [0.25, 0.3) is 0 Å². The molecule has 0 bridgehead atoms. The van der Waals surface area contributed by atoms with Crippen LogP contribution in [-0.2, 0) is 19.1 Å². The first kappa shape index (κ1) is 14.4. The van der Waals surface area contributed by atoms with Gasteiger partial charge in [-0.3, -0.25) is 0 Å². The zero-order chi connectivity index (χ0) is 15.0. The number of benzene rings is 1. The van der Waals surface area contributed by atoms with Gasteiger partial charge in [-0.2, -0.15) is 0 Å². The fourth-order valence-electron chi connectivity index (χ4n) is 2.97. The Hall–Kier alpha value is -1.58. The van der Waals surface area contributed by atoms with E-state index in [-0.39, 0.29) is 38.5 Å². The van der Waals surface area contributed by atoms with Gasteiger partial charge in [0.25, 0.3) is 0 Å². The van der Waals surface area contributed by atoms with Gasteiger partial charge in [0.05, 0.1) is 0 Å². The molecule has 1 aliphatic carbocycles. The summed E-state index contributed by atoms with van der Waals surface area (Å²) >= 11 is -0.298. The number of rotatable bonds is 3. The van der Waals surface area contributed by atoms with Crippen LogP contribution in [0.5, 0.6) is 0 Å². The molecule has 0 N–H and O–H groups in total. The van der Waals surface area contributed by atoms with Crippen molar-refractivity contribution < 1.29 is 19.1 Å². The van der Waals surface area contributed by atoms with Gasteiger partial charge in [-0.1, -0.05) is 0 Å². The average molecular weight is 351 g/mol. The molecule has 4 nitrogen and oxygen atoms in total. The van der Waals surface area contributed by atoms with E-state index in [0.717, 1.165) is 4.46 Å². The summed E-state index contributed by atoms with van der Waals surface area (Å²) in [5, 5.41) is 0. The van der Waals surface area contributed by atoms with E-state index in [0.29, 0.717) is 12.4 Å². The molecule has 3 rings (SSSR count). The summed E-state index contributed by atoms with van der Waals surface area (Å²) in [6.45, 7) is 2.28. The number of ether oxygens (including phenoxy) is 2. The van der Waals surface area contributed by atoms with Crippen LogP contribution in [0.2, 0.25) is 4.31 Å². The molecular weight excluding hydrogens is 335 g/mol. The monoisotopic (exact) mass is 352 g/mol. The van der Waals surface area contributed by atoms with Crippen LogP contribution >= 0.6 is 0 Å². The third-order valence-electron chi connectivity index (χ3n) is 4.17. The SMILES string of the molecule is COC1=CC(=O)C2([Se]c3ccccc3)C(=O)OCC2C1C. The molecule has 1 aliphatic heterocycles. The van der Waals surface area contributed by atoms with Gasteiger partial charge in [-0.05, 0) is 0 Å². The van der Waals surface area contributed by atoms with Gasteiger partial charge in [0.1, 0.15) is 0 Å². The number of carbonyl (C=O) groups excluding carboxylic acids is 2. The van der Waals surface area contributed by atoms with E-state index < -0.39 is 4.31 Å². The summed E-state index contributed by atoms with van der Waals surface area (Å²) in [5.74, 6) is -0.0430. The summed E-state index contributed by atoms with van der Waals surface area (Å²) in [7, 11) is 1.56. The van der Waals surface area contributed by atoms with E-state index in [9.17, 15) is 9.59 Å². The van der Waals surface area contributed by atoms with Crippen LogP contribution in [0.15, 0.2) is 42.2 Å². The molecule has 1 aromatic carbocycles. The predicted octanol–water partition coefficient (Wildman–Crippen LogP) is 1.10. The summed E-state index contributed by atoms with van der Waals surface area (Å²) < 4.78 is 10.6. The molecule has 1 fully saturated rings. The number of ketones is 1. The van der Waals surface area contributed by atoms with Crippen LogP contribution in [0.4, 0.5) is 0 Å². The van der Waals surface area contributed by atoms with Gasteiger partial charge in [0, 0.05) is 0 Å². The Kier molecular flexibility index (Phi) is 3.64. The minimum absolute atomic E-state index is 0.00439.